The van der Waals surface area contributed by atoms with Gasteiger partial charge in [0.1, 0.15) is 24.7 Å². The normalized spacial score (nSPS) is 17.7. The Morgan fingerprint density at radius 1 is 1.36 bits per heavy atom. The standard InChI is InChI=1S/C22H19F3N4O4/c1-13-29(16-6-4-14(10-26)18(9-16)22(23,24)25)11-17(33-13)12-32-20-7-5-15(27-2)8-19(20)28-21(30)31-3/h4-9,13,17H,11-12H2,1,3H3,(H,28,30)/t13-,17+/m1/s1. The molecule has 33 heavy (non-hydrogen) atoms. The number of halogens is 3. The summed E-state index contributed by atoms with van der Waals surface area (Å²) in [6, 6.07) is 9.54. The van der Waals surface area contributed by atoms with Crippen LogP contribution < -0.4 is 15.0 Å². The van der Waals surface area contributed by atoms with Crippen LogP contribution in [0.5, 0.6) is 5.75 Å². The van der Waals surface area contributed by atoms with Crippen molar-refractivity contribution in [2.24, 2.45) is 0 Å². The molecule has 0 saturated carbocycles. The van der Waals surface area contributed by atoms with E-state index in [2.05, 4.69) is 14.9 Å². The number of nitrogens with one attached hydrogen (secondary N) is 1. The van der Waals surface area contributed by atoms with Gasteiger partial charge in [-0.25, -0.2) is 9.64 Å². The number of alkyl halides is 3. The molecule has 1 amide bonds. The van der Waals surface area contributed by atoms with E-state index in [1.54, 1.807) is 17.9 Å². The van der Waals surface area contributed by atoms with Crippen molar-refractivity contribution in [3.05, 3.63) is 58.9 Å². The zero-order chi connectivity index (χ0) is 24.2. The van der Waals surface area contributed by atoms with Crippen LogP contribution in [0.3, 0.4) is 0 Å². The molecule has 0 spiro atoms. The summed E-state index contributed by atoms with van der Waals surface area (Å²) in [7, 11) is 1.20. The lowest BCUT2D eigenvalue weighted by Crippen LogP contribution is -2.29. The van der Waals surface area contributed by atoms with Crippen LogP contribution in [-0.2, 0) is 15.7 Å². The maximum atomic E-state index is 13.3. The number of nitriles is 1. The number of nitrogens with zero attached hydrogens (tertiary/aromatic N) is 3. The molecule has 0 bridgehead atoms. The van der Waals surface area contributed by atoms with Crippen molar-refractivity contribution < 1.29 is 32.2 Å². The fraction of sp³-hybridized carbons (Fsp3) is 0.318. The van der Waals surface area contributed by atoms with Gasteiger partial charge >= 0.3 is 12.3 Å². The molecule has 0 aliphatic carbocycles. The summed E-state index contributed by atoms with van der Waals surface area (Å²) >= 11 is 0. The lowest BCUT2D eigenvalue weighted by atomic mass is 10.1. The van der Waals surface area contributed by atoms with E-state index in [1.165, 1.54) is 31.4 Å². The molecule has 2 aromatic carbocycles. The van der Waals surface area contributed by atoms with Crippen LogP contribution in [0.4, 0.5) is 35.0 Å². The summed E-state index contributed by atoms with van der Waals surface area (Å²) in [4.78, 5) is 16.5. The number of carbonyl (C=O) groups excluding carboxylic acids is 1. The van der Waals surface area contributed by atoms with Crippen molar-refractivity contribution in [1.82, 2.24) is 0 Å². The quantitative estimate of drug-likeness (QED) is 0.637. The van der Waals surface area contributed by atoms with Gasteiger partial charge in [-0.1, -0.05) is 6.07 Å². The zero-order valence-electron chi connectivity index (χ0n) is 17.6. The summed E-state index contributed by atoms with van der Waals surface area (Å²) in [6.45, 7) is 9.08. The molecule has 1 heterocycles. The first-order valence-electron chi connectivity index (χ1n) is 9.69. The maximum Gasteiger partial charge on any atom is 0.417 e. The molecule has 1 aliphatic rings. The van der Waals surface area contributed by atoms with Crippen LogP contribution in [0.15, 0.2) is 36.4 Å². The smallest absolute Gasteiger partial charge is 0.417 e. The van der Waals surface area contributed by atoms with Crippen LogP contribution >= 0.6 is 0 Å². The summed E-state index contributed by atoms with van der Waals surface area (Å²) in [5.74, 6) is 0.278. The fourth-order valence-electron chi connectivity index (χ4n) is 3.37. The van der Waals surface area contributed by atoms with Gasteiger partial charge in [-0.15, -0.1) is 0 Å². The number of hydrogen-bond donors (Lipinski definition) is 1. The molecule has 1 aliphatic heterocycles. The van der Waals surface area contributed by atoms with E-state index in [1.807, 2.05) is 0 Å². The van der Waals surface area contributed by atoms with E-state index in [9.17, 15) is 18.0 Å². The second-order valence-electron chi connectivity index (χ2n) is 7.07. The number of amides is 1. The molecule has 11 heteroatoms. The molecular formula is C22H19F3N4O4. The Kier molecular flexibility index (Phi) is 6.95. The van der Waals surface area contributed by atoms with Gasteiger partial charge in [-0.2, -0.15) is 18.4 Å². The Balaban J connectivity index is 1.74. The van der Waals surface area contributed by atoms with Crippen molar-refractivity contribution in [1.29, 1.82) is 5.26 Å². The van der Waals surface area contributed by atoms with Crippen LogP contribution in [-0.4, -0.2) is 38.7 Å². The molecular weight excluding hydrogens is 441 g/mol. The third-order valence-electron chi connectivity index (χ3n) is 4.93. The SMILES string of the molecule is [C-]#[N+]c1ccc(OC[C@@H]2CN(c3ccc(C#N)c(C(F)(F)F)c3)[C@@H](C)O2)c(NC(=O)OC)c1. The lowest BCUT2D eigenvalue weighted by Gasteiger charge is -2.23. The second kappa shape index (κ2) is 9.67. The minimum atomic E-state index is -4.66. The molecule has 2 aromatic rings. The summed E-state index contributed by atoms with van der Waals surface area (Å²) in [6.07, 6.45) is -6.42. The molecule has 8 nitrogen and oxygen atoms in total. The number of ether oxygens (including phenoxy) is 3. The Labute approximate surface area is 187 Å². The third-order valence-corrected chi connectivity index (χ3v) is 4.93. The monoisotopic (exact) mass is 460 g/mol. The summed E-state index contributed by atoms with van der Waals surface area (Å²) < 4.78 is 56.1. The first-order valence-corrected chi connectivity index (χ1v) is 9.69. The van der Waals surface area contributed by atoms with Gasteiger partial charge in [0.05, 0.1) is 43.1 Å². The maximum absolute atomic E-state index is 13.3. The number of carbonyl (C=O) groups is 1. The van der Waals surface area contributed by atoms with E-state index in [-0.39, 0.29) is 36.0 Å². The Morgan fingerprint density at radius 3 is 2.76 bits per heavy atom. The summed E-state index contributed by atoms with van der Waals surface area (Å²) in [5, 5.41) is 11.5. The molecule has 1 fully saturated rings. The minimum absolute atomic E-state index is 0.0382. The van der Waals surface area contributed by atoms with Gasteiger partial charge in [0.25, 0.3) is 0 Å². The number of methoxy groups -OCH3 is 1. The van der Waals surface area contributed by atoms with Gasteiger partial charge in [0.15, 0.2) is 5.69 Å². The highest BCUT2D eigenvalue weighted by molar-refractivity contribution is 5.87. The number of rotatable bonds is 5. The lowest BCUT2D eigenvalue weighted by molar-refractivity contribution is -0.137. The highest BCUT2D eigenvalue weighted by Gasteiger charge is 2.36. The first kappa shape index (κ1) is 23.7. The molecule has 2 atom stereocenters. The molecule has 3 rings (SSSR count). The van der Waals surface area contributed by atoms with Crippen LogP contribution in [0.25, 0.3) is 4.85 Å². The number of hydrogen-bond acceptors (Lipinski definition) is 6. The Morgan fingerprint density at radius 2 is 2.12 bits per heavy atom. The van der Waals surface area contributed by atoms with Gasteiger partial charge in [-0.3, -0.25) is 5.32 Å². The highest BCUT2D eigenvalue weighted by Crippen LogP contribution is 2.36. The largest absolute Gasteiger partial charge is 0.489 e. The van der Waals surface area contributed by atoms with Crippen LogP contribution in [0.1, 0.15) is 18.1 Å². The second-order valence-corrected chi connectivity index (χ2v) is 7.07. The number of benzene rings is 2. The third kappa shape index (κ3) is 5.45. The Bertz CT molecular complexity index is 1120. The average molecular weight is 460 g/mol. The Hall–Kier alpha value is -3.96. The van der Waals surface area contributed by atoms with Crippen molar-refractivity contribution in [3.8, 4) is 11.8 Å². The van der Waals surface area contributed by atoms with Crippen molar-refractivity contribution in [2.45, 2.75) is 25.4 Å². The van der Waals surface area contributed by atoms with Crippen LogP contribution in [0, 0.1) is 17.9 Å². The zero-order valence-corrected chi connectivity index (χ0v) is 17.6. The van der Waals surface area contributed by atoms with E-state index >= 15 is 0 Å². The molecule has 0 aromatic heterocycles. The van der Waals surface area contributed by atoms with Crippen molar-refractivity contribution in [2.75, 3.05) is 30.5 Å². The molecule has 1 N–H and O–H groups in total. The van der Waals surface area contributed by atoms with E-state index in [0.717, 1.165) is 12.1 Å². The predicted octanol–water partition coefficient (Wildman–Crippen LogP) is 4.94. The van der Waals surface area contributed by atoms with E-state index in [4.69, 9.17) is 21.3 Å². The van der Waals surface area contributed by atoms with Gasteiger partial charge < -0.3 is 19.1 Å². The van der Waals surface area contributed by atoms with Gasteiger partial charge in [0, 0.05) is 5.69 Å². The van der Waals surface area contributed by atoms with E-state index < -0.39 is 35.7 Å². The molecule has 0 unspecified atom stereocenters. The predicted molar refractivity (Wildman–Crippen MR) is 112 cm³/mol. The molecule has 0 radical (unpaired) electrons. The topological polar surface area (TPSA) is 88.2 Å². The van der Waals surface area contributed by atoms with Gasteiger partial charge in [-0.05, 0) is 37.3 Å². The van der Waals surface area contributed by atoms with Crippen molar-refractivity contribution >= 4 is 23.2 Å². The van der Waals surface area contributed by atoms with Gasteiger partial charge in [0.2, 0.25) is 0 Å². The molecule has 172 valence electrons. The highest BCUT2D eigenvalue weighted by atomic mass is 19.4. The molecule has 1 saturated heterocycles. The average Bonchev–Trinajstić information content (AvgIpc) is 3.17. The van der Waals surface area contributed by atoms with Crippen molar-refractivity contribution in [3.63, 3.8) is 0 Å². The fourth-order valence-corrected chi connectivity index (χ4v) is 3.37. The number of anilines is 2. The summed E-state index contributed by atoms with van der Waals surface area (Å²) in [5.41, 5.74) is -0.668. The van der Waals surface area contributed by atoms with E-state index in [0.29, 0.717) is 0 Å². The minimum Gasteiger partial charge on any atom is -0.489 e. The van der Waals surface area contributed by atoms with Crippen LogP contribution in [0.2, 0.25) is 0 Å². The first-order chi connectivity index (χ1) is 15.7.